The van der Waals surface area contributed by atoms with Crippen LogP contribution in [-0.2, 0) is 0 Å². The zero-order chi connectivity index (χ0) is 8.27. The lowest BCUT2D eigenvalue weighted by Gasteiger charge is -2.18. The highest BCUT2D eigenvalue weighted by molar-refractivity contribution is 4.84. The minimum Gasteiger partial charge on any atom is -0.303 e. The van der Waals surface area contributed by atoms with Crippen LogP contribution in [0.4, 0.5) is 0 Å². The Labute approximate surface area is 70.8 Å². The van der Waals surface area contributed by atoms with Crippen LogP contribution in [0.15, 0.2) is 0 Å². The van der Waals surface area contributed by atoms with Gasteiger partial charge in [0.2, 0.25) is 0 Å². The first-order chi connectivity index (χ1) is 5.27. The minimum atomic E-state index is 1.01. The molecule has 0 aromatic heterocycles. The van der Waals surface area contributed by atoms with Gasteiger partial charge in [-0.3, -0.25) is 0 Å². The Balaban J connectivity index is 2.10. The van der Waals surface area contributed by atoms with Crippen molar-refractivity contribution in [2.75, 3.05) is 19.6 Å². The fourth-order valence-electron chi connectivity index (χ4n) is 1.68. The molecule has 1 heteroatoms. The van der Waals surface area contributed by atoms with Gasteiger partial charge in [-0.2, -0.15) is 0 Å². The number of nitrogens with zero attached hydrogens (tertiary/aromatic N) is 1. The van der Waals surface area contributed by atoms with E-state index in [1.165, 1.54) is 32.5 Å². The lowest BCUT2D eigenvalue weighted by Crippen LogP contribution is -2.26. The van der Waals surface area contributed by atoms with Crippen LogP contribution in [0.3, 0.4) is 0 Å². The number of hydrogen-bond acceptors (Lipinski definition) is 1. The van der Waals surface area contributed by atoms with Crippen molar-refractivity contribution in [3.63, 3.8) is 0 Å². The quantitative estimate of drug-likeness (QED) is 0.589. The molecule has 2 unspecified atom stereocenters. The molecule has 1 rings (SSSR count). The number of rotatable bonds is 5. The van der Waals surface area contributed by atoms with E-state index in [0.717, 1.165) is 11.8 Å². The van der Waals surface area contributed by atoms with Gasteiger partial charge in [0.25, 0.3) is 0 Å². The summed E-state index contributed by atoms with van der Waals surface area (Å²) in [5.74, 6) is 2.04. The van der Waals surface area contributed by atoms with Crippen molar-refractivity contribution in [1.29, 1.82) is 0 Å². The van der Waals surface area contributed by atoms with Crippen LogP contribution >= 0.6 is 0 Å². The summed E-state index contributed by atoms with van der Waals surface area (Å²) in [5.41, 5.74) is 0. The van der Waals surface area contributed by atoms with Crippen molar-refractivity contribution < 1.29 is 0 Å². The second kappa shape index (κ2) is 4.10. The smallest absolute Gasteiger partial charge is 0.00122 e. The van der Waals surface area contributed by atoms with Gasteiger partial charge in [0.05, 0.1) is 0 Å². The predicted molar refractivity (Wildman–Crippen MR) is 49.7 cm³/mol. The first-order valence-electron chi connectivity index (χ1n) is 5.00. The van der Waals surface area contributed by atoms with Gasteiger partial charge in [0.1, 0.15) is 0 Å². The SMILES string of the molecule is CCCN(CC)CC1CC1C. The van der Waals surface area contributed by atoms with Gasteiger partial charge >= 0.3 is 0 Å². The second-order valence-corrected chi connectivity index (χ2v) is 3.87. The third-order valence-electron chi connectivity index (χ3n) is 2.76. The maximum absolute atomic E-state index is 2.58. The molecule has 1 aliphatic carbocycles. The van der Waals surface area contributed by atoms with Crippen molar-refractivity contribution in [2.24, 2.45) is 11.8 Å². The highest BCUT2D eigenvalue weighted by Gasteiger charge is 2.33. The van der Waals surface area contributed by atoms with E-state index < -0.39 is 0 Å². The first-order valence-corrected chi connectivity index (χ1v) is 5.00. The molecule has 0 radical (unpaired) electrons. The average molecular weight is 155 g/mol. The molecule has 1 nitrogen and oxygen atoms in total. The van der Waals surface area contributed by atoms with E-state index in [1.54, 1.807) is 0 Å². The summed E-state index contributed by atoms with van der Waals surface area (Å²) in [7, 11) is 0. The largest absolute Gasteiger partial charge is 0.303 e. The fraction of sp³-hybridized carbons (Fsp3) is 1.00. The molecule has 11 heavy (non-hydrogen) atoms. The van der Waals surface area contributed by atoms with E-state index in [4.69, 9.17) is 0 Å². The maximum Gasteiger partial charge on any atom is 0.00122 e. The Morgan fingerprint density at radius 2 is 2.00 bits per heavy atom. The lowest BCUT2D eigenvalue weighted by molar-refractivity contribution is 0.273. The molecule has 2 atom stereocenters. The molecule has 1 saturated carbocycles. The molecule has 0 aromatic rings. The molecule has 0 aliphatic heterocycles. The summed E-state index contributed by atoms with van der Waals surface area (Å²) in [6.07, 6.45) is 2.77. The van der Waals surface area contributed by atoms with Crippen LogP contribution in [0.1, 0.15) is 33.6 Å². The van der Waals surface area contributed by atoms with Gasteiger partial charge in [0.15, 0.2) is 0 Å². The van der Waals surface area contributed by atoms with Crippen LogP contribution in [0.2, 0.25) is 0 Å². The predicted octanol–water partition coefficient (Wildman–Crippen LogP) is 2.37. The van der Waals surface area contributed by atoms with Crippen LogP contribution in [0.25, 0.3) is 0 Å². The molecule has 0 aromatic carbocycles. The summed E-state index contributed by atoms with van der Waals surface area (Å²) in [5, 5.41) is 0. The third-order valence-corrected chi connectivity index (χ3v) is 2.76. The van der Waals surface area contributed by atoms with E-state index in [9.17, 15) is 0 Å². The molecule has 1 aliphatic rings. The van der Waals surface area contributed by atoms with Gasteiger partial charge in [-0.05, 0) is 37.8 Å². The number of hydrogen-bond donors (Lipinski definition) is 0. The molecule has 0 heterocycles. The van der Waals surface area contributed by atoms with Gasteiger partial charge in [-0.15, -0.1) is 0 Å². The van der Waals surface area contributed by atoms with Gasteiger partial charge in [-0.25, -0.2) is 0 Å². The second-order valence-electron chi connectivity index (χ2n) is 3.87. The molecule has 0 N–H and O–H groups in total. The molecule has 0 bridgehead atoms. The van der Waals surface area contributed by atoms with Crippen molar-refractivity contribution >= 4 is 0 Å². The summed E-state index contributed by atoms with van der Waals surface area (Å²) in [6.45, 7) is 10.8. The third kappa shape index (κ3) is 2.82. The van der Waals surface area contributed by atoms with Crippen LogP contribution in [0, 0.1) is 11.8 Å². The average Bonchev–Trinajstić information content (AvgIpc) is 2.66. The Kier molecular flexibility index (Phi) is 3.38. The Bertz CT molecular complexity index is 111. The maximum atomic E-state index is 2.58. The topological polar surface area (TPSA) is 3.24 Å². The normalized spacial score (nSPS) is 29.5. The molecule has 0 spiro atoms. The fourth-order valence-corrected chi connectivity index (χ4v) is 1.68. The summed E-state index contributed by atoms with van der Waals surface area (Å²) >= 11 is 0. The van der Waals surface area contributed by atoms with Crippen molar-refractivity contribution in [3.8, 4) is 0 Å². The van der Waals surface area contributed by atoms with Gasteiger partial charge in [-0.1, -0.05) is 20.8 Å². The molecule has 0 amide bonds. The lowest BCUT2D eigenvalue weighted by atomic mass is 10.3. The monoisotopic (exact) mass is 155 g/mol. The molecule has 66 valence electrons. The summed E-state index contributed by atoms with van der Waals surface area (Å²) in [4.78, 5) is 2.58. The highest BCUT2D eigenvalue weighted by atomic mass is 15.1. The standard InChI is InChI=1S/C10H21N/c1-4-6-11(5-2)8-10-7-9(10)3/h9-10H,4-8H2,1-3H3. The van der Waals surface area contributed by atoms with Crippen LogP contribution < -0.4 is 0 Å². The summed E-state index contributed by atoms with van der Waals surface area (Å²) < 4.78 is 0. The molecule has 1 fully saturated rings. The zero-order valence-corrected chi connectivity index (χ0v) is 8.14. The van der Waals surface area contributed by atoms with Crippen LogP contribution in [0.5, 0.6) is 0 Å². The minimum absolute atomic E-state index is 1.01. The van der Waals surface area contributed by atoms with Gasteiger partial charge in [0, 0.05) is 6.54 Å². The highest BCUT2D eigenvalue weighted by Crippen LogP contribution is 2.38. The van der Waals surface area contributed by atoms with E-state index in [-0.39, 0.29) is 0 Å². The van der Waals surface area contributed by atoms with Crippen molar-refractivity contribution in [2.45, 2.75) is 33.6 Å². The van der Waals surface area contributed by atoms with E-state index in [2.05, 4.69) is 25.7 Å². The zero-order valence-electron chi connectivity index (χ0n) is 8.14. The first kappa shape index (κ1) is 9.05. The Morgan fingerprint density at radius 1 is 1.36 bits per heavy atom. The van der Waals surface area contributed by atoms with Crippen molar-refractivity contribution in [3.05, 3.63) is 0 Å². The molecular formula is C10H21N. The van der Waals surface area contributed by atoms with E-state index in [0.29, 0.717) is 0 Å². The molecular weight excluding hydrogens is 134 g/mol. The summed E-state index contributed by atoms with van der Waals surface area (Å²) in [6, 6.07) is 0. The van der Waals surface area contributed by atoms with E-state index >= 15 is 0 Å². The Morgan fingerprint density at radius 3 is 2.36 bits per heavy atom. The van der Waals surface area contributed by atoms with Crippen molar-refractivity contribution in [1.82, 2.24) is 4.90 Å². The Hall–Kier alpha value is -0.0400. The van der Waals surface area contributed by atoms with Crippen LogP contribution in [-0.4, -0.2) is 24.5 Å². The molecule has 0 saturated heterocycles. The van der Waals surface area contributed by atoms with Gasteiger partial charge < -0.3 is 4.90 Å². The van der Waals surface area contributed by atoms with E-state index in [1.807, 2.05) is 0 Å².